The molecule has 126 valence electrons. The van der Waals surface area contributed by atoms with E-state index in [1.165, 1.54) is 9.87 Å². The maximum Gasteiger partial charge on any atom is 0.242 e. The van der Waals surface area contributed by atoms with Crippen molar-refractivity contribution in [2.45, 2.75) is 24.3 Å². The minimum atomic E-state index is -3.51. The van der Waals surface area contributed by atoms with Gasteiger partial charge in [0, 0.05) is 13.5 Å². The van der Waals surface area contributed by atoms with Crippen LogP contribution in [-0.4, -0.2) is 38.1 Å². The Balaban J connectivity index is 1.65. The first-order valence-electron chi connectivity index (χ1n) is 7.78. The second-order valence-electron chi connectivity index (χ2n) is 5.93. The molecule has 1 atom stereocenters. The topological polar surface area (TPSA) is 59.0 Å². The molecule has 0 spiro atoms. The standard InChI is InChI=1S/C18H20N2O3S/c1-14-8-10-15(11-9-14)18-12-16(23-19-18)13-20(2)24(21,22)17-6-4-3-5-7-17/h3-11,16H,12-13H2,1-2H3/t16-/m1/s1. The van der Waals surface area contributed by atoms with Crippen LogP contribution < -0.4 is 0 Å². The van der Waals surface area contributed by atoms with Crippen LogP contribution in [0.15, 0.2) is 64.6 Å². The molecule has 2 aromatic rings. The average molecular weight is 344 g/mol. The lowest BCUT2D eigenvalue weighted by Gasteiger charge is -2.19. The summed E-state index contributed by atoms with van der Waals surface area (Å²) in [4.78, 5) is 5.72. The zero-order valence-corrected chi connectivity index (χ0v) is 14.5. The normalized spacial score (nSPS) is 17.6. The summed E-state index contributed by atoms with van der Waals surface area (Å²) in [5, 5.41) is 4.12. The molecule has 0 unspecified atom stereocenters. The summed E-state index contributed by atoms with van der Waals surface area (Å²) in [5.74, 6) is 0. The monoisotopic (exact) mass is 344 g/mol. The Hall–Kier alpha value is -2.18. The second-order valence-corrected chi connectivity index (χ2v) is 7.98. The SMILES string of the molecule is Cc1ccc(C2=NO[C@@H](CN(C)S(=O)(=O)c3ccccc3)C2)cc1. The van der Waals surface area contributed by atoms with Gasteiger partial charge in [-0.1, -0.05) is 53.2 Å². The summed E-state index contributed by atoms with van der Waals surface area (Å²) < 4.78 is 26.4. The van der Waals surface area contributed by atoms with Crippen molar-refractivity contribution in [2.24, 2.45) is 5.16 Å². The molecule has 5 nitrogen and oxygen atoms in total. The fraction of sp³-hybridized carbons (Fsp3) is 0.278. The maximum absolute atomic E-state index is 12.5. The van der Waals surface area contributed by atoms with Gasteiger partial charge >= 0.3 is 0 Å². The fourth-order valence-electron chi connectivity index (χ4n) is 2.60. The van der Waals surface area contributed by atoms with Crippen molar-refractivity contribution in [1.82, 2.24) is 4.31 Å². The molecule has 0 saturated heterocycles. The van der Waals surface area contributed by atoms with Crippen molar-refractivity contribution < 1.29 is 13.3 Å². The van der Waals surface area contributed by atoms with Gasteiger partial charge in [0.2, 0.25) is 10.0 Å². The Kier molecular flexibility index (Phi) is 4.69. The predicted molar refractivity (Wildman–Crippen MR) is 93.5 cm³/mol. The molecule has 0 amide bonds. The van der Waals surface area contributed by atoms with Crippen molar-refractivity contribution in [2.75, 3.05) is 13.6 Å². The molecule has 0 radical (unpaired) electrons. The van der Waals surface area contributed by atoms with Crippen LogP contribution in [0.3, 0.4) is 0 Å². The second kappa shape index (κ2) is 6.75. The molecular weight excluding hydrogens is 324 g/mol. The summed E-state index contributed by atoms with van der Waals surface area (Å²) in [6, 6.07) is 16.5. The van der Waals surface area contributed by atoms with Crippen LogP contribution >= 0.6 is 0 Å². The number of oxime groups is 1. The molecule has 1 aliphatic heterocycles. The van der Waals surface area contributed by atoms with Gasteiger partial charge < -0.3 is 4.84 Å². The molecule has 0 bridgehead atoms. The summed E-state index contributed by atoms with van der Waals surface area (Å²) in [7, 11) is -1.95. The van der Waals surface area contributed by atoms with E-state index >= 15 is 0 Å². The molecule has 1 aliphatic rings. The first-order chi connectivity index (χ1) is 11.5. The number of likely N-dealkylation sites (N-methyl/N-ethyl adjacent to an activating group) is 1. The summed E-state index contributed by atoms with van der Waals surface area (Å²) in [6.45, 7) is 2.29. The van der Waals surface area contributed by atoms with Crippen LogP contribution in [0.2, 0.25) is 0 Å². The molecule has 0 aromatic heterocycles. The average Bonchev–Trinajstić information content (AvgIpc) is 3.04. The van der Waals surface area contributed by atoms with Gasteiger partial charge in [-0.15, -0.1) is 0 Å². The van der Waals surface area contributed by atoms with Gasteiger partial charge in [-0.05, 0) is 24.6 Å². The lowest BCUT2D eigenvalue weighted by atomic mass is 10.0. The van der Waals surface area contributed by atoms with Gasteiger partial charge in [0.15, 0.2) is 0 Å². The number of rotatable bonds is 5. The maximum atomic E-state index is 12.5. The third-order valence-electron chi connectivity index (χ3n) is 4.03. The van der Waals surface area contributed by atoms with Crippen molar-refractivity contribution in [3.05, 3.63) is 65.7 Å². The number of nitrogens with zero attached hydrogens (tertiary/aromatic N) is 2. The Morgan fingerprint density at radius 2 is 1.79 bits per heavy atom. The summed E-state index contributed by atoms with van der Waals surface area (Å²) in [5.41, 5.74) is 3.05. The van der Waals surface area contributed by atoms with Crippen molar-refractivity contribution in [1.29, 1.82) is 0 Å². The number of hydrogen-bond acceptors (Lipinski definition) is 4. The molecular formula is C18H20N2O3S. The largest absolute Gasteiger partial charge is 0.390 e. The molecule has 3 rings (SSSR count). The molecule has 24 heavy (non-hydrogen) atoms. The van der Waals surface area contributed by atoms with Gasteiger partial charge in [-0.3, -0.25) is 0 Å². The molecule has 2 aromatic carbocycles. The highest BCUT2D eigenvalue weighted by atomic mass is 32.2. The minimum absolute atomic E-state index is 0.260. The summed E-state index contributed by atoms with van der Waals surface area (Å²) in [6.07, 6.45) is 0.322. The molecule has 1 heterocycles. The number of sulfonamides is 1. The lowest BCUT2D eigenvalue weighted by molar-refractivity contribution is 0.0740. The Labute approximate surface area is 142 Å². The first kappa shape index (κ1) is 16.7. The van der Waals surface area contributed by atoms with E-state index in [1.807, 2.05) is 31.2 Å². The van der Waals surface area contributed by atoms with Gasteiger partial charge in [-0.25, -0.2) is 8.42 Å². The predicted octanol–water partition coefficient (Wildman–Crippen LogP) is 2.81. The van der Waals surface area contributed by atoms with Crippen molar-refractivity contribution >= 4 is 15.7 Å². The Bertz CT molecular complexity index is 830. The van der Waals surface area contributed by atoms with Crippen molar-refractivity contribution in [3.63, 3.8) is 0 Å². The third-order valence-corrected chi connectivity index (χ3v) is 5.87. The summed E-state index contributed by atoms with van der Waals surface area (Å²) >= 11 is 0. The third kappa shape index (κ3) is 3.49. The number of hydrogen-bond donors (Lipinski definition) is 0. The van der Waals surface area contributed by atoms with Crippen LogP contribution in [0.4, 0.5) is 0 Å². The van der Waals surface area contributed by atoms with Crippen LogP contribution in [0, 0.1) is 6.92 Å². The highest BCUT2D eigenvalue weighted by Gasteiger charge is 2.28. The molecule has 6 heteroatoms. The Morgan fingerprint density at radius 1 is 1.12 bits per heavy atom. The van der Waals surface area contributed by atoms with Gasteiger partial charge in [0.1, 0.15) is 6.10 Å². The van der Waals surface area contributed by atoms with E-state index in [0.29, 0.717) is 6.42 Å². The van der Waals surface area contributed by atoms with Gasteiger partial charge in [-0.2, -0.15) is 4.31 Å². The molecule has 0 N–H and O–H groups in total. The van der Waals surface area contributed by atoms with Crippen LogP contribution in [0.25, 0.3) is 0 Å². The Morgan fingerprint density at radius 3 is 2.46 bits per heavy atom. The van der Waals surface area contributed by atoms with Crippen LogP contribution in [-0.2, 0) is 14.9 Å². The van der Waals surface area contributed by atoms with E-state index in [-0.39, 0.29) is 17.5 Å². The van der Waals surface area contributed by atoms with Crippen molar-refractivity contribution in [3.8, 4) is 0 Å². The van der Waals surface area contributed by atoms with E-state index in [4.69, 9.17) is 4.84 Å². The highest BCUT2D eigenvalue weighted by Crippen LogP contribution is 2.20. The molecule has 0 saturated carbocycles. The molecule has 0 fully saturated rings. The lowest BCUT2D eigenvalue weighted by Crippen LogP contribution is -2.34. The van der Waals surface area contributed by atoms with Crippen LogP contribution in [0.1, 0.15) is 17.5 Å². The van der Waals surface area contributed by atoms with E-state index in [2.05, 4.69) is 5.16 Å². The first-order valence-corrected chi connectivity index (χ1v) is 9.22. The number of aryl methyl sites for hydroxylation is 1. The highest BCUT2D eigenvalue weighted by molar-refractivity contribution is 7.89. The van der Waals surface area contributed by atoms with Crippen LogP contribution in [0.5, 0.6) is 0 Å². The van der Waals surface area contributed by atoms with Gasteiger partial charge in [0.25, 0.3) is 0 Å². The van der Waals surface area contributed by atoms with E-state index in [9.17, 15) is 8.42 Å². The smallest absolute Gasteiger partial charge is 0.242 e. The minimum Gasteiger partial charge on any atom is -0.390 e. The van der Waals surface area contributed by atoms with E-state index in [0.717, 1.165) is 11.3 Å². The van der Waals surface area contributed by atoms with E-state index < -0.39 is 10.0 Å². The molecule has 0 aliphatic carbocycles. The fourth-order valence-corrected chi connectivity index (χ4v) is 3.82. The van der Waals surface area contributed by atoms with Gasteiger partial charge in [0.05, 0.1) is 17.2 Å². The number of benzene rings is 2. The quantitative estimate of drug-likeness (QED) is 0.838. The van der Waals surface area contributed by atoms with E-state index in [1.54, 1.807) is 37.4 Å². The zero-order valence-electron chi connectivity index (χ0n) is 13.7. The zero-order chi connectivity index (χ0) is 17.2.